The molecule has 24 heavy (non-hydrogen) atoms. The molecule has 1 aliphatic rings. The zero-order valence-electron chi connectivity index (χ0n) is 13.6. The minimum Gasteiger partial charge on any atom is -0.393 e. The van der Waals surface area contributed by atoms with Crippen molar-refractivity contribution in [1.29, 1.82) is 0 Å². The molecule has 2 rings (SSSR count). The first-order chi connectivity index (χ1) is 11.3. The third-order valence-electron chi connectivity index (χ3n) is 4.42. The van der Waals surface area contributed by atoms with Crippen molar-refractivity contribution in [1.82, 2.24) is 10.2 Å². The number of halogens is 3. The summed E-state index contributed by atoms with van der Waals surface area (Å²) in [6.07, 6.45) is -1.10. The number of rotatable bonds is 4. The number of hydrogen-bond acceptors (Lipinski definition) is 2. The van der Waals surface area contributed by atoms with Gasteiger partial charge in [0.25, 0.3) is 0 Å². The zero-order valence-corrected chi connectivity index (χ0v) is 13.6. The molecular weight excluding hydrogens is 321 g/mol. The molecule has 2 unspecified atom stereocenters. The molecule has 1 aliphatic carbocycles. The Bertz CT molecular complexity index is 563. The van der Waals surface area contributed by atoms with Crippen molar-refractivity contribution in [2.75, 3.05) is 13.6 Å². The van der Waals surface area contributed by atoms with E-state index in [-0.39, 0.29) is 18.5 Å². The molecule has 2 amide bonds. The molecule has 1 saturated carbocycles. The summed E-state index contributed by atoms with van der Waals surface area (Å²) >= 11 is 0. The van der Waals surface area contributed by atoms with Gasteiger partial charge < -0.3 is 15.3 Å². The molecule has 0 saturated heterocycles. The Morgan fingerprint density at radius 1 is 1.33 bits per heavy atom. The van der Waals surface area contributed by atoms with Crippen molar-refractivity contribution in [3.8, 4) is 0 Å². The largest absolute Gasteiger partial charge is 0.416 e. The van der Waals surface area contributed by atoms with Gasteiger partial charge >= 0.3 is 12.2 Å². The third kappa shape index (κ3) is 5.12. The molecular formula is C17H23F3N2O2. The Balaban J connectivity index is 1.86. The molecule has 4 nitrogen and oxygen atoms in total. The fraction of sp³-hybridized carbons (Fsp3) is 0.588. The Morgan fingerprint density at radius 3 is 2.71 bits per heavy atom. The molecule has 2 atom stereocenters. The highest BCUT2D eigenvalue weighted by Crippen LogP contribution is 2.29. The number of carbonyl (C=O) groups excluding carboxylic acids is 1. The molecule has 0 radical (unpaired) electrons. The second-order valence-corrected chi connectivity index (χ2v) is 6.35. The molecule has 0 bridgehead atoms. The number of amides is 2. The van der Waals surface area contributed by atoms with Crippen LogP contribution in [0.1, 0.15) is 36.8 Å². The Kier molecular flexibility index (Phi) is 6.10. The summed E-state index contributed by atoms with van der Waals surface area (Å²) in [6, 6.07) is 4.55. The van der Waals surface area contributed by atoms with Gasteiger partial charge in [-0.25, -0.2) is 4.79 Å². The molecule has 134 valence electrons. The van der Waals surface area contributed by atoms with E-state index in [9.17, 15) is 23.1 Å². The summed E-state index contributed by atoms with van der Waals surface area (Å²) in [5.74, 6) is 0.0584. The van der Waals surface area contributed by atoms with Crippen LogP contribution >= 0.6 is 0 Å². The highest BCUT2D eigenvalue weighted by atomic mass is 19.4. The molecule has 0 heterocycles. The monoisotopic (exact) mass is 344 g/mol. The van der Waals surface area contributed by atoms with E-state index in [1.54, 1.807) is 13.1 Å². The average Bonchev–Trinajstić information content (AvgIpc) is 2.54. The second-order valence-electron chi connectivity index (χ2n) is 6.35. The van der Waals surface area contributed by atoms with E-state index in [4.69, 9.17) is 0 Å². The van der Waals surface area contributed by atoms with Crippen LogP contribution in [0.4, 0.5) is 18.0 Å². The fourth-order valence-electron chi connectivity index (χ4n) is 3.01. The molecule has 0 aromatic heterocycles. The van der Waals surface area contributed by atoms with Crippen molar-refractivity contribution < 1.29 is 23.1 Å². The number of hydrogen-bond donors (Lipinski definition) is 2. The minimum absolute atomic E-state index is 0.0281. The van der Waals surface area contributed by atoms with Gasteiger partial charge in [-0.1, -0.05) is 25.0 Å². The number of alkyl halides is 3. The maximum atomic E-state index is 12.7. The van der Waals surface area contributed by atoms with Crippen molar-refractivity contribution in [2.45, 2.75) is 44.5 Å². The molecule has 7 heteroatoms. The maximum Gasteiger partial charge on any atom is 0.416 e. The normalized spacial score (nSPS) is 21.4. The van der Waals surface area contributed by atoms with Crippen molar-refractivity contribution in [3.05, 3.63) is 35.4 Å². The second kappa shape index (κ2) is 7.88. The number of aliphatic hydroxyl groups excluding tert-OH is 1. The highest BCUT2D eigenvalue weighted by Gasteiger charge is 2.30. The summed E-state index contributed by atoms with van der Waals surface area (Å²) in [7, 11) is 1.63. The van der Waals surface area contributed by atoms with Crippen LogP contribution in [0.2, 0.25) is 0 Å². The van der Waals surface area contributed by atoms with E-state index in [1.165, 1.54) is 11.0 Å². The van der Waals surface area contributed by atoms with Gasteiger partial charge in [0.15, 0.2) is 0 Å². The Morgan fingerprint density at radius 2 is 2.04 bits per heavy atom. The number of benzene rings is 1. The fourth-order valence-corrected chi connectivity index (χ4v) is 3.01. The lowest BCUT2D eigenvalue weighted by molar-refractivity contribution is -0.137. The van der Waals surface area contributed by atoms with E-state index in [1.807, 2.05) is 0 Å². The van der Waals surface area contributed by atoms with Crippen LogP contribution in [-0.4, -0.2) is 35.7 Å². The van der Waals surface area contributed by atoms with Crippen LogP contribution in [0.3, 0.4) is 0 Å². The quantitative estimate of drug-likeness (QED) is 0.880. The highest BCUT2D eigenvalue weighted by molar-refractivity contribution is 5.73. The van der Waals surface area contributed by atoms with Gasteiger partial charge in [-0.15, -0.1) is 0 Å². The summed E-state index contributed by atoms with van der Waals surface area (Å²) < 4.78 is 38.0. The lowest BCUT2D eigenvalue weighted by Crippen LogP contribution is -2.42. The molecule has 1 fully saturated rings. The van der Waals surface area contributed by atoms with Crippen LogP contribution in [0.5, 0.6) is 0 Å². The van der Waals surface area contributed by atoms with Gasteiger partial charge in [0, 0.05) is 26.1 Å². The van der Waals surface area contributed by atoms with Gasteiger partial charge in [0.1, 0.15) is 0 Å². The van der Waals surface area contributed by atoms with E-state index < -0.39 is 17.8 Å². The van der Waals surface area contributed by atoms with E-state index >= 15 is 0 Å². The van der Waals surface area contributed by atoms with Crippen LogP contribution < -0.4 is 5.32 Å². The smallest absolute Gasteiger partial charge is 0.393 e. The summed E-state index contributed by atoms with van der Waals surface area (Å²) in [5.41, 5.74) is -0.336. The zero-order chi connectivity index (χ0) is 17.7. The standard InChI is InChI=1S/C17H23F3N2O2/c1-22(11-13-6-2-3-8-15(13)23)16(24)21-10-12-5-4-7-14(9-12)17(18,19)20/h4-5,7,9,13,15,23H,2-3,6,8,10-11H2,1H3,(H,21,24). The Hall–Kier alpha value is -1.76. The van der Waals surface area contributed by atoms with Crippen LogP contribution in [0, 0.1) is 5.92 Å². The minimum atomic E-state index is -4.39. The van der Waals surface area contributed by atoms with E-state index in [2.05, 4.69) is 5.32 Å². The van der Waals surface area contributed by atoms with Crippen molar-refractivity contribution in [3.63, 3.8) is 0 Å². The molecule has 2 N–H and O–H groups in total. The number of urea groups is 1. The lowest BCUT2D eigenvalue weighted by atomic mass is 9.86. The number of nitrogens with one attached hydrogen (secondary N) is 1. The van der Waals surface area contributed by atoms with Gasteiger partial charge in [-0.05, 0) is 30.5 Å². The summed E-state index contributed by atoms with van der Waals surface area (Å²) in [4.78, 5) is 13.6. The topological polar surface area (TPSA) is 52.6 Å². The first-order valence-corrected chi connectivity index (χ1v) is 8.10. The predicted molar refractivity (Wildman–Crippen MR) is 84.3 cm³/mol. The van der Waals surface area contributed by atoms with Gasteiger partial charge in [-0.2, -0.15) is 13.2 Å². The average molecular weight is 344 g/mol. The first kappa shape index (κ1) is 18.6. The SMILES string of the molecule is CN(CC1CCCCC1O)C(=O)NCc1cccc(C(F)(F)F)c1. The molecule has 0 spiro atoms. The summed E-state index contributed by atoms with van der Waals surface area (Å²) in [6.45, 7) is 0.468. The van der Waals surface area contributed by atoms with Crippen molar-refractivity contribution in [2.24, 2.45) is 5.92 Å². The number of aliphatic hydroxyl groups is 1. The van der Waals surface area contributed by atoms with Gasteiger partial charge in [0.2, 0.25) is 0 Å². The molecule has 1 aromatic carbocycles. The Labute approximate surface area is 139 Å². The lowest BCUT2D eigenvalue weighted by Gasteiger charge is -2.31. The number of carbonyl (C=O) groups is 1. The third-order valence-corrected chi connectivity index (χ3v) is 4.42. The molecule has 0 aliphatic heterocycles. The maximum absolute atomic E-state index is 12.7. The van der Waals surface area contributed by atoms with Gasteiger partial charge in [0.05, 0.1) is 11.7 Å². The summed E-state index contributed by atoms with van der Waals surface area (Å²) in [5, 5.41) is 12.6. The predicted octanol–water partition coefficient (Wildman–Crippen LogP) is 3.40. The van der Waals surface area contributed by atoms with Crippen LogP contribution in [-0.2, 0) is 12.7 Å². The van der Waals surface area contributed by atoms with Crippen molar-refractivity contribution >= 4 is 6.03 Å². The van der Waals surface area contributed by atoms with Crippen LogP contribution in [0.25, 0.3) is 0 Å². The van der Waals surface area contributed by atoms with Gasteiger partial charge in [-0.3, -0.25) is 0 Å². The van der Waals surface area contributed by atoms with E-state index in [0.29, 0.717) is 12.1 Å². The number of nitrogens with zero attached hydrogens (tertiary/aromatic N) is 1. The van der Waals surface area contributed by atoms with Crippen LogP contribution in [0.15, 0.2) is 24.3 Å². The first-order valence-electron chi connectivity index (χ1n) is 8.10. The molecule has 1 aromatic rings. The van der Waals surface area contributed by atoms with E-state index in [0.717, 1.165) is 37.8 Å².